The highest BCUT2D eigenvalue weighted by molar-refractivity contribution is 6.36. The highest BCUT2D eigenvalue weighted by Gasteiger charge is 2.17. The smallest absolute Gasteiger partial charge is 0.255 e. The minimum absolute atomic E-state index is 0.0998. The van der Waals surface area contributed by atoms with Gasteiger partial charge in [-0.3, -0.25) is 4.79 Å². The van der Waals surface area contributed by atoms with Gasteiger partial charge in [0.25, 0.3) is 5.91 Å². The van der Waals surface area contributed by atoms with Gasteiger partial charge in [-0.05, 0) is 32.0 Å². The van der Waals surface area contributed by atoms with Crippen LogP contribution < -0.4 is 0 Å². The Bertz CT molecular complexity index is 443. The van der Waals surface area contributed by atoms with Crippen molar-refractivity contribution in [2.75, 3.05) is 13.1 Å². The van der Waals surface area contributed by atoms with Gasteiger partial charge in [0.2, 0.25) is 0 Å². The molecule has 0 saturated heterocycles. The fraction of sp³-hybridized carbons (Fsp3) is 0.308. The first kappa shape index (κ1) is 14.1. The van der Waals surface area contributed by atoms with Gasteiger partial charge in [0.15, 0.2) is 0 Å². The zero-order valence-corrected chi connectivity index (χ0v) is 11.5. The first-order valence-corrected chi connectivity index (χ1v) is 6.10. The van der Waals surface area contributed by atoms with Crippen molar-refractivity contribution in [2.45, 2.75) is 13.8 Å². The van der Waals surface area contributed by atoms with Crippen LogP contribution in [0.25, 0.3) is 0 Å². The van der Waals surface area contributed by atoms with E-state index in [1.807, 2.05) is 13.8 Å². The summed E-state index contributed by atoms with van der Waals surface area (Å²) in [6.07, 6.45) is 0. The molecule has 2 nitrogen and oxygen atoms in total. The molecule has 0 unspecified atom stereocenters. The van der Waals surface area contributed by atoms with Crippen molar-refractivity contribution in [2.24, 2.45) is 0 Å². The number of nitrogens with zero attached hydrogens (tertiary/aromatic N) is 1. The van der Waals surface area contributed by atoms with Crippen LogP contribution in [0, 0.1) is 0 Å². The predicted octanol–water partition coefficient (Wildman–Crippen LogP) is 4.03. The van der Waals surface area contributed by atoms with E-state index in [1.54, 1.807) is 23.1 Å². The lowest BCUT2D eigenvalue weighted by molar-refractivity contribution is 0.0778. The maximum atomic E-state index is 12.2. The second-order valence-electron chi connectivity index (χ2n) is 3.90. The van der Waals surface area contributed by atoms with Crippen molar-refractivity contribution in [1.29, 1.82) is 0 Å². The molecule has 0 saturated carbocycles. The summed E-state index contributed by atoms with van der Waals surface area (Å²) in [5.41, 5.74) is 1.41. The Hall–Kier alpha value is -0.990. The molecule has 0 aliphatic rings. The maximum Gasteiger partial charge on any atom is 0.255 e. The number of benzene rings is 1. The van der Waals surface area contributed by atoms with Crippen LogP contribution in [0.4, 0.5) is 0 Å². The Morgan fingerprint density at radius 3 is 2.53 bits per heavy atom. The van der Waals surface area contributed by atoms with Gasteiger partial charge in [0, 0.05) is 18.1 Å². The fourth-order valence-electron chi connectivity index (χ4n) is 1.49. The average Bonchev–Trinajstić information content (AvgIpc) is 2.24. The Kier molecular flexibility index (Phi) is 5.03. The standard InChI is InChI=1S/C13H15Cl2NO/c1-4-16(8-9(2)3)13(17)11-6-5-10(14)7-12(11)15/h5-7H,2,4,8H2,1,3H3. The number of hydrogen-bond donors (Lipinski definition) is 0. The quantitative estimate of drug-likeness (QED) is 0.758. The van der Waals surface area contributed by atoms with Gasteiger partial charge in [-0.2, -0.15) is 0 Å². The molecule has 0 bridgehead atoms. The second kappa shape index (κ2) is 6.08. The minimum Gasteiger partial charge on any atom is -0.335 e. The molecule has 1 amide bonds. The largest absolute Gasteiger partial charge is 0.335 e. The van der Waals surface area contributed by atoms with Crippen LogP contribution in [0.3, 0.4) is 0 Å². The summed E-state index contributed by atoms with van der Waals surface area (Å²) in [6.45, 7) is 8.77. The third-order valence-electron chi connectivity index (χ3n) is 2.29. The summed E-state index contributed by atoms with van der Waals surface area (Å²) in [6, 6.07) is 4.88. The van der Waals surface area contributed by atoms with Crippen LogP contribution in [-0.4, -0.2) is 23.9 Å². The normalized spacial score (nSPS) is 10.1. The summed E-state index contributed by atoms with van der Waals surface area (Å²) in [4.78, 5) is 13.9. The molecule has 0 spiro atoms. The molecule has 0 aliphatic carbocycles. The number of halogens is 2. The van der Waals surface area contributed by atoms with Crippen molar-refractivity contribution in [3.8, 4) is 0 Å². The molecule has 0 N–H and O–H groups in total. The molecule has 17 heavy (non-hydrogen) atoms. The molecule has 1 rings (SSSR count). The van der Waals surface area contributed by atoms with Crippen molar-refractivity contribution < 1.29 is 4.79 Å². The Morgan fingerprint density at radius 2 is 2.06 bits per heavy atom. The number of likely N-dealkylation sites (N-methyl/N-ethyl adjacent to an activating group) is 1. The van der Waals surface area contributed by atoms with Gasteiger partial charge in [-0.15, -0.1) is 0 Å². The summed E-state index contributed by atoms with van der Waals surface area (Å²) in [5, 5.41) is 0.900. The number of hydrogen-bond acceptors (Lipinski definition) is 1. The molecule has 0 aliphatic heterocycles. The van der Waals surface area contributed by atoms with E-state index >= 15 is 0 Å². The molecule has 0 radical (unpaired) electrons. The van der Waals surface area contributed by atoms with Crippen LogP contribution in [0.5, 0.6) is 0 Å². The zero-order valence-electron chi connectivity index (χ0n) is 9.96. The van der Waals surface area contributed by atoms with Gasteiger partial charge in [-0.1, -0.05) is 35.4 Å². The summed E-state index contributed by atoms with van der Waals surface area (Å²) in [5.74, 6) is -0.0998. The molecule has 0 heterocycles. The lowest BCUT2D eigenvalue weighted by Crippen LogP contribution is -2.32. The Labute approximate surface area is 112 Å². The summed E-state index contributed by atoms with van der Waals surface area (Å²) >= 11 is 11.8. The van der Waals surface area contributed by atoms with Crippen LogP contribution >= 0.6 is 23.2 Å². The van der Waals surface area contributed by atoms with E-state index in [4.69, 9.17) is 23.2 Å². The lowest BCUT2D eigenvalue weighted by Gasteiger charge is -2.21. The second-order valence-corrected chi connectivity index (χ2v) is 4.74. The summed E-state index contributed by atoms with van der Waals surface area (Å²) < 4.78 is 0. The Morgan fingerprint density at radius 1 is 1.41 bits per heavy atom. The van der Waals surface area contributed by atoms with Crippen LogP contribution in [0.15, 0.2) is 30.4 Å². The van der Waals surface area contributed by atoms with Crippen molar-refractivity contribution in [1.82, 2.24) is 4.90 Å². The van der Waals surface area contributed by atoms with Crippen LogP contribution in [0.2, 0.25) is 10.0 Å². The van der Waals surface area contributed by atoms with Crippen molar-refractivity contribution in [3.63, 3.8) is 0 Å². The molecule has 92 valence electrons. The molecule has 0 aromatic heterocycles. The van der Waals surface area contributed by atoms with Gasteiger partial charge < -0.3 is 4.90 Å². The molecule has 0 atom stereocenters. The molecule has 4 heteroatoms. The van der Waals surface area contributed by atoms with Gasteiger partial charge in [-0.25, -0.2) is 0 Å². The minimum atomic E-state index is -0.0998. The maximum absolute atomic E-state index is 12.2. The lowest BCUT2D eigenvalue weighted by atomic mass is 10.2. The number of carbonyl (C=O) groups excluding carboxylic acids is 1. The third kappa shape index (κ3) is 3.76. The molecule has 1 aromatic carbocycles. The summed E-state index contributed by atoms with van der Waals surface area (Å²) in [7, 11) is 0. The zero-order chi connectivity index (χ0) is 13.0. The van der Waals surface area contributed by atoms with E-state index in [-0.39, 0.29) is 5.91 Å². The van der Waals surface area contributed by atoms with Crippen molar-refractivity contribution in [3.05, 3.63) is 46.0 Å². The van der Waals surface area contributed by atoms with E-state index < -0.39 is 0 Å². The van der Waals surface area contributed by atoms with Crippen molar-refractivity contribution >= 4 is 29.1 Å². The van der Waals surface area contributed by atoms with Crippen LogP contribution in [-0.2, 0) is 0 Å². The van der Waals surface area contributed by atoms with E-state index in [9.17, 15) is 4.79 Å². The van der Waals surface area contributed by atoms with Gasteiger partial charge in [0.05, 0.1) is 10.6 Å². The molecular formula is C13H15Cl2NO. The number of amides is 1. The fourth-order valence-corrected chi connectivity index (χ4v) is 1.98. The molecular weight excluding hydrogens is 257 g/mol. The highest BCUT2D eigenvalue weighted by Crippen LogP contribution is 2.22. The topological polar surface area (TPSA) is 20.3 Å². The van der Waals surface area contributed by atoms with Gasteiger partial charge >= 0.3 is 0 Å². The average molecular weight is 272 g/mol. The van der Waals surface area contributed by atoms with Gasteiger partial charge in [0.1, 0.15) is 0 Å². The van der Waals surface area contributed by atoms with E-state index in [0.717, 1.165) is 5.57 Å². The number of carbonyl (C=O) groups is 1. The first-order chi connectivity index (χ1) is 7.95. The first-order valence-electron chi connectivity index (χ1n) is 5.34. The number of rotatable bonds is 4. The molecule has 1 aromatic rings. The predicted molar refractivity (Wildman–Crippen MR) is 72.9 cm³/mol. The SMILES string of the molecule is C=C(C)CN(CC)C(=O)c1ccc(Cl)cc1Cl. The van der Waals surface area contributed by atoms with E-state index in [1.165, 1.54) is 0 Å². The van der Waals surface area contributed by atoms with E-state index in [0.29, 0.717) is 28.7 Å². The van der Waals surface area contributed by atoms with E-state index in [2.05, 4.69) is 6.58 Å². The highest BCUT2D eigenvalue weighted by atomic mass is 35.5. The Balaban J connectivity index is 2.97. The monoisotopic (exact) mass is 271 g/mol. The third-order valence-corrected chi connectivity index (χ3v) is 2.84. The van der Waals surface area contributed by atoms with Crippen LogP contribution in [0.1, 0.15) is 24.2 Å². The molecule has 0 fully saturated rings.